The second-order valence-electron chi connectivity index (χ2n) is 4.12. The van der Waals surface area contributed by atoms with E-state index in [0.29, 0.717) is 13.2 Å². The molecule has 4 heteroatoms. The minimum Gasteiger partial charge on any atom is -0.389 e. The van der Waals surface area contributed by atoms with Gasteiger partial charge in [0.15, 0.2) is 0 Å². The fourth-order valence-electron chi connectivity index (χ4n) is 1.94. The second kappa shape index (κ2) is 5.15. The fraction of sp³-hybridized carbons (Fsp3) is 0.500. The number of benzene rings is 1. The summed E-state index contributed by atoms with van der Waals surface area (Å²) in [6, 6.07) is 7.83. The molecule has 3 atom stereocenters. The smallest absolute Gasteiger partial charge is 0.0948 e. The third kappa shape index (κ3) is 2.55. The highest BCUT2D eigenvalue weighted by atomic mass is 35.5. The van der Waals surface area contributed by atoms with Crippen molar-refractivity contribution in [2.24, 2.45) is 0 Å². The number of ether oxygens (including phenoxy) is 1. The van der Waals surface area contributed by atoms with Crippen LogP contribution in [0.4, 0.5) is 0 Å². The Hall–Kier alpha value is -0.610. The summed E-state index contributed by atoms with van der Waals surface area (Å²) in [5, 5.41) is 13.7. The van der Waals surface area contributed by atoms with Crippen LogP contribution in [0.3, 0.4) is 0 Å². The first-order valence-corrected chi connectivity index (χ1v) is 5.82. The van der Waals surface area contributed by atoms with Gasteiger partial charge in [0, 0.05) is 11.1 Å². The van der Waals surface area contributed by atoms with E-state index in [9.17, 15) is 5.11 Å². The molecular formula is C12H16ClNO2. The van der Waals surface area contributed by atoms with Crippen LogP contribution >= 0.6 is 11.6 Å². The number of hydrogen-bond donors (Lipinski definition) is 2. The Morgan fingerprint density at radius 3 is 2.81 bits per heavy atom. The molecule has 0 bridgehead atoms. The summed E-state index contributed by atoms with van der Waals surface area (Å²) in [5.74, 6) is 0. The highest BCUT2D eigenvalue weighted by molar-refractivity contribution is 6.31. The van der Waals surface area contributed by atoms with Crippen molar-refractivity contribution in [3.05, 3.63) is 34.9 Å². The largest absolute Gasteiger partial charge is 0.389 e. The van der Waals surface area contributed by atoms with Gasteiger partial charge in [-0.3, -0.25) is 0 Å². The maximum absolute atomic E-state index is 9.63. The molecule has 1 heterocycles. The Balaban J connectivity index is 2.03. The number of nitrogens with one attached hydrogen (secondary N) is 1. The third-order valence-electron chi connectivity index (χ3n) is 2.89. The average Bonchev–Trinajstić information content (AvgIpc) is 2.65. The lowest BCUT2D eigenvalue weighted by Gasteiger charge is -2.21. The average molecular weight is 242 g/mol. The molecule has 0 aliphatic carbocycles. The van der Waals surface area contributed by atoms with Gasteiger partial charge in [-0.05, 0) is 18.6 Å². The van der Waals surface area contributed by atoms with Crippen molar-refractivity contribution in [3.8, 4) is 0 Å². The van der Waals surface area contributed by atoms with Crippen molar-refractivity contribution < 1.29 is 9.84 Å². The van der Waals surface area contributed by atoms with E-state index in [2.05, 4.69) is 5.32 Å². The van der Waals surface area contributed by atoms with Gasteiger partial charge in [0.05, 0.1) is 25.4 Å². The van der Waals surface area contributed by atoms with E-state index in [0.717, 1.165) is 10.6 Å². The van der Waals surface area contributed by atoms with E-state index in [1.165, 1.54) is 0 Å². The van der Waals surface area contributed by atoms with Crippen molar-refractivity contribution in [1.82, 2.24) is 5.32 Å². The van der Waals surface area contributed by atoms with Crippen molar-refractivity contribution in [1.29, 1.82) is 0 Å². The summed E-state index contributed by atoms with van der Waals surface area (Å²) in [5.41, 5.74) is 1.04. The van der Waals surface area contributed by atoms with Crippen LogP contribution in [0.1, 0.15) is 18.5 Å². The molecular weight excluding hydrogens is 226 g/mol. The van der Waals surface area contributed by atoms with E-state index >= 15 is 0 Å². The highest BCUT2D eigenvalue weighted by Crippen LogP contribution is 2.23. The molecule has 16 heavy (non-hydrogen) atoms. The zero-order valence-corrected chi connectivity index (χ0v) is 9.95. The van der Waals surface area contributed by atoms with Crippen molar-refractivity contribution >= 4 is 11.6 Å². The van der Waals surface area contributed by atoms with Crippen LogP contribution in [0.2, 0.25) is 5.02 Å². The predicted octanol–water partition coefficient (Wildman–Crippen LogP) is 1.75. The first-order valence-electron chi connectivity index (χ1n) is 5.45. The molecule has 3 nitrogen and oxygen atoms in total. The molecule has 1 aliphatic heterocycles. The summed E-state index contributed by atoms with van der Waals surface area (Å²) in [7, 11) is 0. The third-order valence-corrected chi connectivity index (χ3v) is 3.23. The summed E-state index contributed by atoms with van der Waals surface area (Å²) in [4.78, 5) is 0. The zero-order chi connectivity index (χ0) is 11.5. The van der Waals surface area contributed by atoms with Crippen LogP contribution < -0.4 is 5.32 Å². The molecule has 1 fully saturated rings. The molecule has 0 spiro atoms. The Morgan fingerprint density at radius 1 is 1.44 bits per heavy atom. The lowest BCUT2D eigenvalue weighted by molar-refractivity contribution is 0.121. The van der Waals surface area contributed by atoms with Gasteiger partial charge in [-0.1, -0.05) is 29.8 Å². The topological polar surface area (TPSA) is 41.5 Å². The Bertz CT molecular complexity index is 359. The first-order chi connectivity index (χ1) is 7.68. The Labute approximate surface area is 100 Å². The maximum atomic E-state index is 9.63. The standard InChI is InChI=1S/C12H16ClNO2/c1-8(9-4-2-3-5-10(9)13)14-11-6-16-7-12(11)15/h2-5,8,11-12,14-15H,6-7H2,1H3/t8-,11?,12?/m0/s1. The van der Waals surface area contributed by atoms with Gasteiger partial charge in [0.1, 0.15) is 0 Å². The molecule has 2 rings (SSSR count). The fourth-order valence-corrected chi connectivity index (χ4v) is 2.24. The van der Waals surface area contributed by atoms with E-state index in [1.807, 2.05) is 31.2 Å². The molecule has 88 valence electrons. The van der Waals surface area contributed by atoms with Crippen molar-refractivity contribution in [2.75, 3.05) is 13.2 Å². The number of halogens is 1. The van der Waals surface area contributed by atoms with Crippen LogP contribution in [-0.2, 0) is 4.74 Å². The molecule has 1 aromatic rings. The number of hydrogen-bond acceptors (Lipinski definition) is 3. The van der Waals surface area contributed by atoms with Gasteiger partial charge >= 0.3 is 0 Å². The molecule has 0 saturated carbocycles. The quantitative estimate of drug-likeness (QED) is 0.847. The summed E-state index contributed by atoms with van der Waals surface area (Å²) >= 11 is 6.11. The van der Waals surface area contributed by atoms with E-state index < -0.39 is 6.10 Å². The van der Waals surface area contributed by atoms with Crippen molar-refractivity contribution in [2.45, 2.75) is 25.1 Å². The molecule has 2 N–H and O–H groups in total. The lowest BCUT2D eigenvalue weighted by Crippen LogP contribution is -2.40. The second-order valence-corrected chi connectivity index (χ2v) is 4.53. The molecule has 0 aromatic heterocycles. The molecule has 0 amide bonds. The molecule has 1 saturated heterocycles. The zero-order valence-electron chi connectivity index (χ0n) is 9.19. The molecule has 1 aromatic carbocycles. The van der Waals surface area contributed by atoms with Crippen LogP contribution in [-0.4, -0.2) is 30.5 Å². The first kappa shape index (κ1) is 11.9. The van der Waals surface area contributed by atoms with Gasteiger partial charge in [-0.2, -0.15) is 0 Å². The van der Waals surface area contributed by atoms with E-state index in [-0.39, 0.29) is 12.1 Å². The summed E-state index contributed by atoms with van der Waals surface area (Å²) in [6.07, 6.45) is -0.426. The summed E-state index contributed by atoms with van der Waals surface area (Å²) < 4.78 is 5.19. The number of aliphatic hydroxyl groups excluding tert-OH is 1. The van der Waals surface area contributed by atoms with Crippen molar-refractivity contribution in [3.63, 3.8) is 0 Å². The van der Waals surface area contributed by atoms with Crippen LogP contribution in [0.15, 0.2) is 24.3 Å². The van der Waals surface area contributed by atoms with Crippen LogP contribution in [0, 0.1) is 0 Å². The Morgan fingerprint density at radius 2 is 2.19 bits per heavy atom. The SMILES string of the molecule is C[C@H](NC1COCC1O)c1ccccc1Cl. The Kier molecular flexibility index (Phi) is 3.82. The number of rotatable bonds is 3. The van der Waals surface area contributed by atoms with E-state index in [4.69, 9.17) is 16.3 Å². The summed E-state index contributed by atoms with van der Waals surface area (Å²) in [6.45, 7) is 3.00. The maximum Gasteiger partial charge on any atom is 0.0948 e. The minimum atomic E-state index is -0.426. The lowest BCUT2D eigenvalue weighted by atomic mass is 10.1. The van der Waals surface area contributed by atoms with E-state index in [1.54, 1.807) is 0 Å². The minimum absolute atomic E-state index is 0.00808. The van der Waals surface area contributed by atoms with Gasteiger partial charge in [-0.15, -0.1) is 0 Å². The number of aliphatic hydroxyl groups is 1. The molecule has 2 unspecified atom stereocenters. The monoisotopic (exact) mass is 241 g/mol. The van der Waals surface area contributed by atoms with Crippen LogP contribution in [0.25, 0.3) is 0 Å². The molecule has 0 radical (unpaired) electrons. The van der Waals surface area contributed by atoms with Gasteiger partial charge in [0.2, 0.25) is 0 Å². The normalized spacial score (nSPS) is 26.9. The van der Waals surface area contributed by atoms with Gasteiger partial charge in [-0.25, -0.2) is 0 Å². The van der Waals surface area contributed by atoms with Crippen LogP contribution in [0.5, 0.6) is 0 Å². The predicted molar refractivity (Wildman–Crippen MR) is 63.6 cm³/mol. The van der Waals surface area contributed by atoms with Gasteiger partial charge < -0.3 is 15.2 Å². The van der Waals surface area contributed by atoms with Gasteiger partial charge in [0.25, 0.3) is 0 Å². The highest BCUT2D eigenvalue weighted by Gasteiger charge is 2.27. The molecule has 1 aliphatic rings.